The van der Waals surface area contributed by atoms with Crippen LogP contribution in [0.1, 0.15) is 13.8 Å². The molecule has 1 heterocycles. The van der Waals surface area contributed by atoms with Gasteiger partial charge >= 0.3 is 5.69 Å². The molecule has 1 N–H and O–H groups in total. The van der Waals surface area contributed by atoms with E-state index in [0.29, 0.717) is 4.57 Å². The van der Waals surface area contributed by atoms with Crippen molar-refractivity contribution in [2.45, 2.75) is 26.0 Å². The minimum absolute atomic E-state index is 0.0637. The van der Waals surface area contributed by atoms with E-state index in [1.54, 1.807) is 13.8 Å². The number of hydrogen-bond acceptors (Lipinski definition) is 3. The zero-order valence-corrected chi connectivity index (χ0v) is 9.89. The first kappa shape index (κ1) is 12.9. The summed E-state index contributed by atoms with van der Waals surface area (Å²) in [7, 11) is 1.44. The zero-order valence-electron chi connectivity index (χ0n) is 9.13. The van der Waals surface area contributed by atoms with Crippen molar-refractivity contribution in [3.8, 4) is 0 Å². The second-order valence-electron chi connectivity index (χ2n) is 3.91. The maximum absolute atomic E-state index is 13.2. The number of halogens is 2. The van der Waals surface area contributed by atoms with Gasteiger partial charge in [-0.25, -0.2) is 4.79 Å². The van der Waals surface area contributed by atoms with Gasteiger partial charge in [0.1, 0.15) is 0 Å². The molecule has 16 heavy (non-hydrogen) atoms. The number of rotatable bonds is 3. The van der Waals surface area contributed by atoms with Crippen LogP contribution < -0.4 is 11.2 Å². The van der Waals surface area contributed by atoms with Gasteiger partial charge in [-0.2, -0.15) is 4.39 Å². The fourth-order valence-corrected chi connectivity index (χ4v) is 1.27. The number of methoxy groups -OCH3 is 1. The van der Waals surface area contributed by atoms with Gasteiger partial charge in [-0.1, -0.05) is 11.6 Å². The topological polar surface area (TPSA) is 64.1 Å². The minimum Gasteiger partial charge on any atom is -0.377 e. The van der Waals surface area contributed by atoms with Crippen molar-refractivity contribution in [3.05, 3.63) is 31.8 Å². The van der Waals surface area contributed by atoms with Crippen LogP contribution in [0.15, 0.2) is 9.59 Å². The first-order chi connectivity index (χ1) is 7.28. The van der Waals surface area contributed by atoms with Crippen LogP contribution in [-0.2, 0) is 11.3 Å². The van der Waals surface area contributed by atoms with Gasteiger partial charge in [0.2, 0.25) is 5.82 Å². The Labute approximate surface area is 95.8 Å². The molecule has 0 fully saturated rings. The lowest BCUT2D eigenvalue weighted by Crippen LogP contribution is -2.43. The summed E-state index contributed by atoms with van der Waals surface area (Å²) in [6, 6.07) is 0. The Hall–Kier alpha value is -1.14. The van der Waals surface area contributed by atoms with Crippen molar-refractivity contribution in [3.63, 3.8) is 0 Å². The van der Waals surface area contributed by atoms with E-state index in [4.69, 9.17) is 16.3 Å². The summed E-state index contributed by atoms with van der Waals surface area (Å²) in [6.45, 7) is 3.28. The van der Waals surface area contributed by atoms with Crippen molar-refractivity contribution in [2.75, 3.05) is 7.11 Å². The van der Waals surface area contributed by atoms with Crippen molar-refractivity contribution in [1.82, 2.24) is 9.55 Å². The summed E-state index contributed by atoms with van der Waals surface area (Å²) in [4.78, 5) is 24.9. The van der Waals surface area contributed by atoms with Gasteiger partial charge in [0.05, 0.1) is 12.1 Å². The van der Waals surface area contributed by atoms with Crippen LogP contribution in [0.2, 0.25) is 5.15 Å². The molecule has 1 rings (SSSR count). The first-order valence-corrected chi connectivity index (χ1v) is 4.89. The Morgan fingerprint density at radius 2 is 2.06 bits per heavy atom. The lowest BCUT2D eigenvalue weighted by Gasteiger charge is -2.23. The molecule has 0 aliphatic carbocycles. The average molecular weight is 251 g/mol. The highest BCUT2D eigenvalue weighted by Crippen LogP contribution is 2.09. The molecule has 0 aliphatic rings. The summed E-state index contributed by atoms with van der Waals surface area (Å²) in [5, 5.41) is -0.582. The van der Waals surface area contributed by atoms with E-state index >= 15 is 0 Å². The molecular weight excluding hydrogens is 239 g/mol. The number of aromatic amines is 1. The van der Waals surface area contributed by atoms with Crippen molar-refractivity contribution in [1.29, 1.82) is 0 Å². The molecule has 0 amide bonds. The molecule has 7 heteroatoms. The maximum Gasteiger partial charge on any atom is 0.329 e. The molecule has 1 aromatic rings. The molecule has 5 nitrogen and oxygen atoms in total. The second-order valence-corrected chi connectivity index (χ2v) is 4.29. The van der Waals surface area contributed by atoms with Gasteiger partial charge in [0.25, 0.3) is 5.56 Å². The lowest BCUT2D eigenvalue weighted by atomic mass is 10.1. The van der Waals surface area contributed by atoms with Crippen LogP contribution in [0.25, 0.3) is 0 Å². The Morgan fingerprint density at radius 1 is 1.50 bits per heavy atom. The maximum atomic E-state index is 13.2. The van der Waals surface area contributed by atoms with Gasteiger partial charge in [-0.3, -0.25) is 14.3 Å². The van der Waals surface area contributed by atoms with E-state index in [2.05, 4.69) is 0 Å². The Bertz CT molecular complexity index is 506. The van der Waals surface area contributed by atoms with Crippen molar-refractivity contribution in [2.24, 2.45) is 0 Å². The van der Waals surface area contributed by atoms with Crippen LogP contribution in [0.3, 0.4) is 0 Å². The lowest BCUT2D eigenvalue weighted by molar-refractivity contribution is 0.00611. The number of H-pyrrole nitrogens is 1. The molecule has 0 saturated carbocycles. The standard InChI is InChI=1S/C9H12ClFN2O3/c1-9(2,16-3)4-13-7(14)5(11)6(10)12-8(13)15/h4H2,1-3H3,(H,12,15). The largest absolute Gasteiger partial charge is 0.377 e. The fourth-order valence-electron chi connectivity index (χ4n) is 1.11. The van der Waals surface area contributed by atoms with E-state index in [9.17, 15) is 14.0 Å². The van der Waals surface area contributed by atoms with Gasteiger partial charge in [-0.05, 0) is 13.8 Å². The molecule has 0 aliphatic heterocycles. The average Bonchev–Trinajstić information content (AvgIpc) is 2.21. The molecular formula is C9H12ClFN2O3. The number of ether oxygens (including phenoxy) is 1. The van der Waals surface area contributed by atoms with E-state index < -0.39 is 27.8 Å². The molecule has 0 radical (unpaired) electrons. The van der Waals surface area contributed by atoms with Gasteiger partial charge < -0.3 is 4.74 Å². The third kappa shape index (κ3) is 2.51. The van der Waals surface area contributed by atoms with Crippen LogP contribution in [-0.4, -0.2) is 22.3 Å². The van der Waals surface area contributed by atoms with Crippen LogP contribution in [0.5, 0.6) is 0 Å². The molecule has 0 saturated heterocycles. The zero-order chi connectivity index (χ0) is 12.5. The highest BCUT2D eigenvalue weighted by atomic mass is 35.5. The molecule has 0 bridgehead atoms. The normalized spacial score (nSPS) is 11.8. The molecule has 0 unspecified atom stereocenters. The SMILES string of the molecule is COC(C)(C)Cn1c(=O)[nH]c(Cl)c(F)c1=O. The molecule has 0 spiro atoms. The molecule has 0 aromatic carbocycles. The number of hydrogen-bond donors (Lipinski definition) is 1. The smallest absolute Gasteiger partial charge is 0.329 e. The summed E-state index contributed by atoms with van der Waals surface area (Å²) in [5.41, 5.74) is -2.57. The summed E-state index contributed by atoms with van der Waals surface area (Å²) < 4.78 is 18.9. The number of nitrogens with zero attached hydrogens (tertiary/aromatic N) is 1. The predicted molar refractivity (Wildman–Crippen MR) is 57.4 cm³/mol. The van der Waals surface area contributed by atoms with Gasteiger partial charge in [0.15, 0.2) is 5.15 Å². The molecule has 1 aromatic heterocycles. The van der Waals surface area contributed by atoms with Gasteiger partial charge in [0, 0.05) is 7.11 Å². The van der Waals surface area contributed by atoms with E-state index in [1.807, 2.05) is 4.98 Å². The van der Waals surface area contributed by atoms with Crippen LogP contribution in [0, 0.1) is 5.82 Å². The highest BCUT2D eigenvalue weighted by Gasteiger charge is 2.21. The highest BCUT2D eigenvalue weighted by molar-refractivity contribution is 6.29. The van der Waals surface area contributed by atoms with E-state index in [1.165, 1.54) is 7.11 Å². The number of nitrogens with one attached hydrogen (secondary N) is 1. The Balaban J connectivity index is 3.32. The summed E-state index contributed by atoms with van der Waals surface area (Å²) >= 11 is 5.32. The van der Waals surface area contributed by atoms with E-state index in [0.717, 1.165) is 0 Å². The minimum atomic E-state index is -1.17. The Morgan fingerprint density at radius 3 is 2.56 bits per heavy atom. The number of aromatic nitrogens is 2. The summed E-state index contributed by atoms with van der Waals surface area (Å²) in [6.07, 6.45) is 0. The van der Waals surface area contributed by atoms with E-state index in [-0.39, 0.29) is 6.54 Å². The summed E-state index contributed by atoms with van der Waals surface area (Å²) in [5.74, 6) is -1.17. The quantitative estimate of drug-likeness (QED) is 0.806. The van der Waals surface area contributed by atoms with Crippen LogP contribution >= 0.6 is 11.6 Å². The predicted octanol–water partition coefficient (Wildman–Crippen LogP) is 0.754. The third-order valence-electron chi connectivity index (χ3n) is 2.18. The van der Waals surface area contributed by atoms with Crippen LogP contribution in [0.4, 0.5) is 4.39 Å². The van der Waals surface area contributed by atoms with Gasteiger partial charge in [-0.15, -0.1) is 0 Å². The second kappa shape index (κ2) is 4.39. The third-order valence-corrected chi connectivity index (χ3v) is 2.44. The Kier molecular flexibility index (Phi) is 3.54. The fraction of sp³-hybridized carbons (Fsp3) is 0.556. The first-order valence-electron chi connectivity index (χ1n) is 4.52. The monoisotopic (exact) mass is 250 g/mol. The molecule has 90 valence electrons. The van der Waals surface area contributed by atoms with Crippen molar-refractivity contribution < 1.29 is 9.13 Å². The molecule has 0 atom stereocenters. The van der Waals surface area contributed by atoms with Crippen molar-refractivity contribution >= 4 is 11.6 Å².